The Labute approximate surface area is 83.2 Å². The van der Waals surface area contributed by atoms with Crippen molar-refractivity contribution >= 4 is 33.1 Å². The number of aromatic hydroxyl groups is 1. The van der Waals surface area contributed by atoms with Crippen LogP contribution in [0.1, 0.15) is 10.4 Å². The van der Waals surface area contributed by atoms with Gasteiger partial charge in [0.1, 0.15) is 11.3 Å². The van der Waals surface area contributed by atoms with Crippen LogP contribution < -0.4 is 5.73 Å². The van der Waals surface area contributed by atoms with Crippen molar-refractivity contribution in [2.24, 2.45) is 0 Å². The number of hydrogen-bond donors (Lipinski definition) is 3. The molecule has 1 aromatic heterocycles. The Bertz CT molecular complexity index is 518. The van der Waals surface area contributed by atoms with Crippen LogP contribution in [0.25, 0.3) is 10.1 Å². The Morgan fingerprint density at radius 1 is 1.50 bits per heavy atom. The van der Waals surface area contributed by atoms with Crippen LogP contribution in [0.3, 0.4) is 0 Å². The molecule has 0 aliphatic heterocycles. The predicted octanol–water partition coefficient (Wildman–Crippen LogP) is 1.89. The van der Waals surface area contributed by atoms with Crippen molar-refractivity contribution in [3.63, 3.8) is 0 Å². The molecule has 14 heavy (non-hydrogen) atoms. The van der Waals surface area contributed by atoms with Gasteiger partial charge in [-0.25, -0.2) is 4.79 Å². The highest BCUT2D eigenvalue weighted by Crippen LogP contribution is 2.36. The lowest BCUT2D eigenvalue weighted by Crippen LogP contribution is -1.98. The molecule has 2 rings (SSSR count). The van der Waals surface area contributed by atoms with Gasteiger partial charge in [-0.05, 0) is 17.5 Å². The molecule has 0 atom stereocenters. The fourth-order valence-corrected chi connectivity index (χ4v) is 2.18. The van der Waals surface area contributed by atoms with Gasteiger partial charge in [0.2, 0.25) is 0 Å². The minimum atomic E-state index is -1.18. The SMILES string of the molecule is Nc1cc(C(=O)O)c(O)c2sccc12. The van der Waals surface area contributed by atoms with Crippen molar-refractivity contribution in [2.75, 3.05) is 5.73 Å². The molecule has 4 nitrogen and oxygen atoms in total. The van der Waals surface area contributed by atoms with Gasteiger partial charge in [0.15, 0.2) is 0 Å². The average molecular weight is 209 g/mol. The summed E-state index contributed by atoms with van der Waals surface area (Å²) in [5.74, 6) is -1.39. The molecule has 0 unspecified atom stereocenters. The Kier molecular flexibility index (Phi) is 1.82. The van der Waals surface area contributed by atoms with Gasteiger partial charge >= 0.3 is 5.97 Å². The zero-order valence-corrected chi connectivity index (χ0v) is 7.84. The summed E-state index contributed by atoms with van der Waals surface area (Å²) in [7, 11) is 0. The number of nitrogens with two attached hydrogens (primary N) is 1. The van der Waals surface area contributed by atoms with Crippen LogP contribution in [-0.2, 0) is 0 Å². The summed E-state index contributed by atoms with van der Waals surface area (Å²) in [6.07, 6.45) is 0. The molecule has 0 saturated carbocycles. The molecule has 0 fully saturated rings. The van der Waals surface area contributed by atoms with Crippen LogP contribution in [0.5, 0.6) is 5.75 Å². The molecule has 0 amide bonds. The van der Waals surface area contributed by atoms with E-state index >= 15 is 0 Å². The first-order valence-electron chi connectivity index (χ1n) is 3.83. The van der Waals surface area contributed by atoms with Crippen LogP contribution in [-0.4, -0.2) is 16.2 Å². The minimum Gasteiger partial charge on any atom is -0.506 e. The first-order valence-corrected chi connectivity index (χ1v) is 4.71. The number of benzene rings is 1. The molecule has 72 valence electrons. The van der Waals surface area contributed by atoms with Crippen molar-refractivity contribution in [3.05, 3.63) is 23.1 Å². The highest BCUT2D eigenvalue weighted by Gasteiger charge is 2.15. The standard InChI is InChI=1S/C9H7NO3S/c10-6-3-5(9(12)13)7(11)8-4(6)1-2-14-8/h1-3,11H,10H2,(H,12,13). The van der Waals surface area contributed by atoms with E-state index in [1.165, 1.54) is 17.4 Å². The summed E-state index contributed by atoms with van der Waals surface area (Å²) in [6.45, 7) is 0. The van der Waals surface area contributed by atoms with E-state index < -0.39 is 5.97 Å². The third kappa shape index (κ3) is 1.10. The number of carboxylic acids is 1. The maximum atomic E-state index is 10.7. The fourth-order valence-electron chi connectivity index (χ4n) is 1.31. The van der Waals surface area contributed by atoms with Gasteiger partial charge in [-0.15, -0.1) is 11.3 Å². The fraction of sp³-hybridized carbons (Fsp3) is 0. The highest BCUT2D eigenvalue weighted by molar-refractivity contribution is 7.17. The quantitative estimate of drug-likeness (QED) is 0.494. The van der Waals surface area contributed by atoms with Gasteiger partial charge in [0, 0.05) is 11.1 Å². The topological polar surface area (TPSA) is 83.6 Å². The largest absolute Gasteiger partial charge is 0.506 e. The van der Waals surface area contributed by atoms with Crippen molar-refractivity contribution < 1.29 is 15.0 Å². The third-order valence-electron chi connectivity index (χ3n) is 1.98. The number of nitrogen functional groups attached to an aromatic ring is 1. The second-order valence-electron chi connectivity index (χ2n) is 2.83. The number of anilines is 1. The number of fused-ring (bicyclic) bond motifs is 1. The average Bonchev–Trinajstić information content (AvgIpc) is 2.59. The van der Waals surface area contributed by atoms with Crippen molar-refractivity contribution in [1.29, 1.82) is 0 Å². The number of aromatic carboxylic acids is 1. The molecule has 1 heterocycles. The third-order valence-corrected chi connectivity index (χ3v) is 2.90. The van der Waals surface area contributed by atoms with Crippen LogP contribution in [0.4, 0.5) is 5.69 Å². The monoisotopic (exact) mass is 209 g/mol. The number of rotatable bonds is 1. The van der Waals surface area contributed by atoms with Gasteiger partial charge in [0.05, 0.1) is 4.70 Å². The number of hydrogen-bond acceptors (Lipinski definition) is 4. The Balaban J connectivity index is 2.88. The number of thiophene rings is 1. The first kappa shape index (κ1) is 8.83. The van der Waals surface area contributed by atoms with E-state index in [4.69, 9.17) is 10.8 Å². The first-order chi connectivity index (χ1) is 6.61. The zero-order valence-electron chi connectivity index (χ0n) is 7.02. The van der Waals surface area contributed by atoms with Crippen LogP contribution in [0, 0.1) is 0 Å². The molecular formula is C9H7NO3S. The second kappa shape index (κ2) is 2.88. The summed E-state index contributed by atoms with van der Waals surface area (Å²) >= 11 is 1.27. The van der Waals surface area contributed by atoms with E-state index in [0.717, 1.165) is 0 Å². The Morgan fingerprint density at radius 2 is 2.21 bits per heavy atom. The Hall–Kier alpha value is -1.75. The van der Waals surface area contributed by atoms with Gasteiger partial charge in [-0.2, -0.15) is 0 Å². The number of carboxylic acid groups (broad SMARTS) is 1. The normalized spacial score (nSPS) is 10.6. The van der Waals surface area contributed by atoms with E-state index in [0.29, 0.717) is 15.8 Å². The van der Waals surface area contributed by atoms with Crippen LogP contribution in [0.2, 0.25) is 0 Å². The molecule has 0 saturated heterocycles. The Morgan fingerprint density at radius 3 is 2.86 bits per heavy atom. The summed E-state index contributed by atoms with van der Waals surface area (Å²) in [4.78, 5) is 10.7. The van der Waals surface area contributed by atoms with E-state index in [-0.39, 0.29) is 11.3 Å². The molecule has 5 heteroatoms. The van der Waals surface area contributed by atoms with Gasteiger partial charge in [-0.3, -0.25) is 0 Å². The molecular weight excluding hydrogens is 202 g/mol. The molecule has 0 bridgehead atoms. The molecule has 2 aromatic rings. The van der Waals surface area contributed by atoms with Gasteiger partial charge in [0.25, 0.3) is 0 Å². The lowest BCUT2D eigenvalue weighted by Gasteiger charge is -2.03. The maximum absolute atomic E-state index is 10.7. The van der Waals surface area contributed by atoms with E-state index in [1.54, 1.807) is 11.4 Å². The van der Waals surface area contributed by atoms with Crippen molar-refractivity contribution in [1.82, 2.24) is 0 Å². The molecule has 0 radical (unpaired) electrons. The maximum Gasteiger partial charge on any atom is 0.339 e. The molecule has 4 N–H and O–H groups in total. The predicted molar refractivity (Wildman–Crippen MR) is 54.9 cm³/mol. The summed E-state index contributed by atoms with van der Waals surface area (Å²) in [6, 6.07) is 3.02. The number of carbonyl (C=O) groups is 1. The summed E-state index contributed by atoms with van der Waals surface area (Å²) in [5, 5.41) is 20.8. The van der Waals surface area contributed by atoms with E-state index in [2.05, 4.69) is 0 Å². The molecule has 0 aliphatic carbocycles. The molecule has 0 spiro atoms. The van der Waals surface area contributed by atoms with Gasteiger partial charge < -0.3 is 15.9 Å². The van der Waals surface area contributed by atoms with Crippen molar-refractivity contribution in [3.8, 4) is 5.75 Å². The smallest absolute Gasteiger partial charge is 0.339 e. The zero-order chi connectivity index (χ0) is 10.3. The highest BCUT2D eigenvalue weighted by atomic mass is 32.1. The van der Waals surface area contributed by atoms with Crippen LogP contribution in [0.15, 0.2) is 17.5 Å². The van der Waals surface area contributed by atoms with Gasteiger partial charge in [-0.1, -0.05) is 0 Å². The molecule has 1 aromatic carbocycles. The lowest BCUT2D eigenvalue weighted by molar-refractivity contribution is 0.0694. The van der Waals surface area contributed by atoms with E-state index in [1.807, 2.05) is 0 Å². The summed E-state index contributed by atoms with van der Waals surface area (Å²) < 4.78 is 0.516. The minimum absolute atomic E-state index is 0.155. The summed E-state index contributed by atoms with van der Waals surface area (Å²) in [5.41, 5.74) is 5.86. The van der Waals surface area contributed by atoms with Crippen molar-refractivity contribution in [2.45, 2.75) is 0 Å². The van der Waals surface area contributed by atoms with E-state index in [9.17, 15) is 9.90 Å². The lowest BCUT2D eigenvalue weighted by atomic mass is 10.1. The number of phenols is 1. The van der Waals surface area contributed by atoms with Crippen LogP contribution >= 0.6 is 11.3 Å². The second-order valence-corrected chi connectivity index (χ2v) is 3.75. The molecule has 0 aliphatic rings.